The van der Waals surface area contributed by atoms with Gasteiger partial charge in [0.1, 0.15) is 5.75 Å². The molecule has 1 aromatic carbocycles. The number of carbonyl (C=O) groups is 1. The molecule has 4 unspecified atom stereocenters. The van der Waals surface area contributed by atoms with Crippen molar-refractivity contribution in [3.63, 3.8) is 0 Å². The maximum Gasteiger partial charge on any atom is 0.335 e. The number of benzene rings is 1. The maximum atomic E-state index is 13.2. The number of hydrogen-bond donors (Lipinski definition) is 2. The lowest BCUT2D eigenvalue weighted by atomic mass is 9.47. The molecule has 5 nitrogen and oxygen atoms in total. The molecule has 0 amide bonds. The van der Waals surface area contributed by atoms with E-state index < -0.39 is 15.8 Å². The predicted octanol–water partition coefficient (Wildman–Crippen LogP) is 5.77. The third-order valence-corrected chi connectivity index (χ3v) is 9.37. The normalized spacial score (nSPS) is 30.5. The van der Waals surface area contributed by atoms with Crippen LogP contribution in [0.25, 0.3) is 0 Å². The van der Waals surface area contributed by atoms with Gasteiger partial charge in [-0.2, -0.15) is 0 Å². The van der Waals surface area contributed by atoms with Crippen LogP contribution in [0.2, 0.25) is 0 Å². The Morgan fingerprint density at radius 2 is 1.73 bits per heavy atom. The van der Waals surface area contributed by atoms with Crippen molar-refractivity contribution >= 4 is 15.8 Å². The standard InChI is InChI=1S/C22H32O5S.C2H6/c1-14-6-7-19-21(2,3)8-5-9-22(19,4)18(14)13-28(26,27)17-11-15(20(24)25)10-16(23)12-17;1-2/h10-12,14,18-19,23H,5-9,13H2,1-4H3,(H,24,25);1-2H3. The van der Waals surface area contributed by atoms with Gasteiger partial charge < -0.3 is 10.2 Å². The summed E-state index contributed by atoms with van der Waals surface area (Å²) < 4.78 is 26.5. The van der Waals surface area contributed by atoms with Gasteiger partial charge in [-0.25, -0.2) is 13.2 Å². The van der Waals surface area contributed by atoms with Gasteiger partial charge in [0, 0.05) is 0 Å². The summed E-state index contributed by atoms with van der Waals surface area (Å²) in [6.07, 6.45) is 5.47. The monoisotopic (exact) mass is 438 g/mol. The number of phenolic OH excluding ortho intramolecular Hbond substituents is 1. The number of fused-ring (bicyclic) bond motifs is 1. The zero-order chi connectivity index (χ0) is 22.9. The third-order valence-electron chi connectivity index (χ3n) is 7.62. The summed E-state index contributed by atoms with van der Waals surface area (Å²) in [5.74, 6) is -0.784. The number of sulfone groups is 1. The van der Waals surface area contributed by atoms with E-state index in [4.69, 9.17) is 0 Å². The van der Waals surface area contributed by atoms with E-state index >= 15 is 0 Å². The number of hydrogen-bond acceptors (Lipinski definition) is 4. The van der Waals surface area contributed by atoms with Crippen LogP contribution in [0, 0.1) is 28.6 Å². The molecule has 0 bridgehead atoms. The van der Waals surface area contributed by atoms with Crippen LogP contribution in [-0.4, -0.2) is 30.4 Å². The molecule has 2 saturated carbocycles. The summed E-state index contributed by atoms with van der Waals surface area (Å²) in [6, 6.07) is 3.40. The molecule has 2 aliphatic rings. The van der Waals surface area contributed by atoms with Gasteiger partial charge in [-0.3, -0.25) is 0 Å². The van der Waals surface area contributed by atoms with Gasteiger partial charge in [0.2, 0.25) is 0 Å². The lowest BCUT2D eigenvalue weighted by molar-refractivity contribution is -0.0855. The lowest BCUT2D eigenvalue weighted by Gasteiger charge is -2.59. The largest absolute Gasteiger partial charge is 0.508 e. The summed E-state index contributed by atoms with van der Waals surface area (Å²) in [5.41, 5.74) is -0.0478. The first kappa shape index (κ1) is 24.7. The van der Waals surface area contributed by atoms with Crippen LogP contribution >= 0.6 is 0 Å². The van der Waals surface area contributed by atoms with E-state index in [2.05, 4.69) is 27.7 Å². The molecular weight excluding hydrogens is 400 g/mol. The predicted molar refractivity (Wildman–Crippen MR) is 120 cm³/mol. The molecule has 0 spiro atoms. The fourth-order valence-corrected chi connectivity index (χ4v) is 8.17. The Kier molecular flexibility index (Phi) is 7.33. The first-order valence-corrected chi connectivity index (χ1v) is 12.8. The van der Waals surface area contributed by atoms with Crippen molar-refractivity contribution < 1.29 is 23.4 Å². The minimum absolute atomic E-state index is 0.000239. The van der Waals surface area contributed by atoms with Gasteiger partial charge in [-0.15, -0.1) is 0 Å². The molecule has 2 aliphatic carbocycles. The molecule has 0 radical (unpaired) electrons. The second-order valence-electron chi connectivity index (χ2n) is 9.86. The summed E-state index contributed by atoms with van der Waals surface area (Å²) in [6.45, 7) is 13.0. The molecule has 6 heteroatoms. The van der Waals surface area contributed by atoms with Crippen LogP contribution < -0.4 is 0 Å². The minimum atomic E-state index is -3.72. The van der Waals surface area contributed by atoms with Gasteiger partial charge in [0.25, 0.3) is 0 Å². The van der Waals surface area contributed by atoms with E-state index in [-0.39, 0.29) is 38.7 Å². The third kappa shape index (κ3) is 4.68. The topological polar surface area (TPSA) is 91.7 Å². The van der Waals surface area contributed by atoms with Crippen LogP contribution in [0.15, 0.2) is 23.1 Å². The molecule has 30 heavy (non-hydrogen) atoms. The van der Waals surface area contributed by atoms with E-state index in [0.29, 0.717) is 11.8 Å². The van der Waals surface area contributed by atoms with Crippen LogP contribution in [0.4, 0.5) is 0 Å². The second-order valence-corrected chi connectivity index (χ2v) is 11.9. The molecule has 0 heterocycles. The zero-order valence-corrected chi connectivity index (χ0v) is 20.1. The Labute approximate surface area is 181 Å². The zero-order valence-electron chi connectivity index (χ0n) is 19.2. The number of rotatable bonds is 4. The summed E-state index contributed by atoms with van der Waals surface area (Å²) in [5, 5.41) is 19.1. The van der Waals surface area contributed by atoms with Gasteiger partial charge in [0.05, 0.1) is 16.2 Å². The molecular formula is C24H38O5S. The number of phenols is 1. The molecule has 1 aromatic rings. The molecule has 170 valence electrons. The summed E-state index contributed by atoms with van der Waals surface area (Å²) in [4.78, 5) is 11.2. The van der Waals surface area contributed by atoms with E-state index in [0.717, 1.165) is 37.8 Å². The van der Waals surface area contributed by atoms with Gasteiger partial charge in [-0.05, 0) is 66.0 Å². The Morgan fingerprint density at radius 1 is 1.10 bits per heavy atom. The van der Waals surface area contributed by atoms with Crippen molar-refractivity contribution in [3.8, 4) is 5.75 Å². The highest BCUT2D eigenvalue weighted by molar-refractivity contribution is 7.91. The number of carboxylic acid groups (broad SMARTS) is 1. The van der Waals surface area contributed by atoms with Crippen LogP contribution in [-0.2, 0) is 9.84 Å². The van der Waals surface area contributed by atoms with Gasteiger partial charge in [0.15, 0.2) is 9.84 Å². The van der Waals surface area contributed by atoms with Crippen molar-refractivity contribution in [2.75, 3.05) is 5.75 Å². The fourth-order valence-electron chi connectivity index (χ4n) is 6.18. The van der Waals surface area contributed by atoms with Crippen molar-refractivity contribution in [2.45, 2.75) is 78.5 Å². The smallest absolute Gasteiger partial charge is 0.335 e. The maximum absolute atomic E-state index is 13.2. The Balaban J connectivity index is 0.00000155. The molecule has 2 fully saturated rings. The Bertz CT molecular complexity index is 874. The van der Waals surface area contributed by atoms with Crippen LogP contribution in [0.3, 0.4) is 0 Å². The summed E-state index contributed by atoms with van der Waals surface area (Å²) in [7, 11) is -3.72. The number of aromatic carboxylic acids is 1. The second kappa shape index (κ2) is 8.89. The van der Waals surface area contributed by atoms with Crippen molar-refractivity contribution in [3.05, 3.63) is 23.8 Å². The van der Waals surface area contributed by atoms with E-state index in [1.165, 1.54) is 12.5 Å². The average molecular weight is 439 g/mol. The highest BCUT2D eigenvalue weighted by Gasteiger charge is 2.54. The quantitative estimate of drug-likeness (QED) is 0.623. The number of aromatic hydroxyl groups is 1. The molecule has 3 rings (SSSR count). The van der Waals surface area contributed by atoms with Gasteiger partial charge in [-0.1, -0.05) is 54.4 Å². The Hall–Kier alpha value is -1.56. The SMILES string of the molecule is CC.CC1CCC2C(C)(C)CCCC2(C)C1CS(=O)(=O)c1cc(O)cc(C(=O)O)c1. The minimum Gasteiger partial charge on any atom is -0.508 e. The van der Waals surface area contributed by atoms with E-state index in [1.807, 2.05) is 13.8 Å². The molecule has 0 aromatic heterocycles. The first-order valence-electron chi connectivity index (χ1n) is 11.2. The van der Waals surface area contributed by atoms with Crippen molar-refractivity contribution in [1.82, 2.24) is 0 Å². The Morgan fingerprint density at radius 3 is 2.33 bits per heavy atom. The lowest BCUT2D eigenvalue weighted by Crippen LogP contribution is -2.52. The van der Waals surface area contributed by atoms with E-state index in [1.54, 1.807) is 0 Å². The average Bonchev–Trinajstić information content (AvgIpc) is 2.65. The van der Waals surface area contributed by atoms with Gasteiger partial charge >= 0.3 is 5.97 Å². The van der Waals surface area contributed by atoms with Crippen molar-refractivity contribution in [1.29, 1.82) is 0 Å². The summed E-state index contributed by atoms with van der Waals surface area (Å²) >= 11 is 0. The molecule has 0 saturated heterocycles. The molecule has 0 aliphatic heterocycles. The fraction of sp³-hybridized carbons (Fsp3) is 0.708. The highest BCUT2D eigenvalue weighted by Crippen LogP contribution is 2.61. The molecule has 4 atom stereocenters. The first-order chi connectivity index (χ1) is 13.9. The highest BCUT2D eigenvalue weighted by atomic mass is 32.2. The number of carboxylic acids is 1. The van der Waals surface area contributed by atoms with E-state index in [9.17, 15) is 23.4 Å². The molecule has 2 N–H and O–H groups in total. The van der Waals surface area contributed by atoms with Crippen molar-refractivity contribution in [2.24, 2.45) is 28.6 Å². The van der Waals surface area contributed by atoms with Crippen LogP contribution in [0.1, 0.15) is 84.0 Å². The van der Waals surface area contributed by atoms with Crippen LogP contribution in [0.5, 0.6) is 5.75 Å².